The van der Waals surface area contributed by atoms with Crippen LogP contribution in [0.1, 0.15) is 70.4 Å². The normalized spacial score (nSPS) is 14.2. The zero-order chi connectivity index (χ0) is 19.4. The number of halogens is 1. The summed E-state index contributed by atoms with van der Waals surface area (Å²) in [5.41, 5.74) is 2.85. The number of nitrogens with zero attached hydrogens (tertiary/aromatic N) is 1. The van der Waals surface area contributed by atoms with Crippen LogP contribution < -0.4 is 0 Å². The first-order valence-corrected chi connectivity index (χ1v) is 12.6. The van der Waals surface area contributed by atoms with Crippen LogP contribution in [0.4, 0.5) is 0 Å². The highest BCUT2D eigenvalue weighted by atomic mass is 35.5. The monoisotopic (exact) mass is 385 g/mol. The third kappa shape index (κ3) is 6.67. The second-order valence-corrected chi connectivity index (χ2v) is 14.1. The van der Waals surface area contributed by atoms with Crippen molar-refractivity contribution in [1.29, 1.82) is 0 Å². The van der Waals surface area contributed by atoms with E-state index in [9.17, 15) is 5.11 Å². The molecule has 1 heterocycles. The minimum absolute atomic E-state index is 0.235. The Morgan fingerprint density at radius 3 is 2.40 bits per heavy atom. The summed E-state index contributed by atoms with van der Waals surface area (Å²) in [6, 6.07) is 2.03. The van der Waals surface area contributed by atoms with Gasteiger partial charge in [0.2, 0.25) is 0 Å². The van der Waals surface area contributed by atoms with Gasteiger partial charge in [-0.15, -0.1) is 0 Å². The summed E-state index contributed by atoms with van der Waals surface area (Å²) in [5, 5.41) is 11.1. The number of hydrogen-bond donors (Lipinski definition) is 1. The Balaban J connectivity index is 2.73. The number of pyridine rings is 1. The second-order valence-electron chi connectivity index (χ2n) is 8.97. The van der Waals surface area contributed by atoms with Gasteiger partial charge in [0.25, 0.3) is 0 Å². The summed E-state index contributed by atoms with van der Waals surface area (Å²) < 4.78 is 6.25. The van der Waals surface area contributed by atoms with Crippen molar-refractivity contribution < 1.29 is 9.53 Å². The molecule has 0 aliphatic carbocycles. The number of aryl methyl sites for hydroxylation is 2. The van der Waals surface area contributed by atoms with Crippen LogP contribution in [0.2, 0.25) is 23.3 Å². The van der Waals surface area contributed by atoms with Crippen molar-refractivity contribution in [1.82, 2.24) is 4.98 Å². The fourth-order valence-electron chi connectivity index (χ4n) is 2.50. The average molecular weight is 386 g/mol. The maximum atomic E-state index is 10.4. The van der Waals surface area contributed by atoms with Gasteiger partial charge in [-0.25, -0.2) is 4.98 Å². The molecule has 0 radical (unpaired) electrons. The van der Waals surface area contributed by atoms with E-state index in [0.717, 1.165) is 36.3 Å². The predicted octanol–water partition coefficient (Wildman–Crippen LogP) is 6.08. The van der Waals surface area contributed by atoms with Gasteiger partial charge in [-0.1, -0.05) is 46.2 Å². The number of aromatic nitrogens is 1. The summed E-state index contributed by atoms with van der Waals surface area (Å²) in [6.07, 6.45) is 1.99. The Hall–Kier alpha value is -0.423. The molecule has 0 saturated heterocycles. The molecule has 3 nitrogen and oxygen atoms in total. The molecule has 0 aliphatic rings. The molecule has 1 atom stereocenters. The molecule has 1 aromatic rings. The molecule has 0 spiro atoms. The van der Waals surface area contributed by atoms with Crippen molar-refractivity contribution in [2.45, 2.75) is 85.0 Å². The molecule has 1 rings (SSSR count). The summed E-state index contributed by atoms with van der Waals surface area (Å²) in [6.45, 7) is 18.3. The van der Waals surface area contributed by atoms with Crippen molar-refractivity contribution in [3.63, 3.8) is 0 Å². The summed E-state index contributed by atoms with van der Waals surface area (Å²) in [5.74, 6) is 0.411. The summed E-state index contributed by atoms with van der Waals surface area (Å²) >= 11 is 6.26. The van der Waals surface area contributed by atoms with E-state index < -0.39 is 14.4 Å². The first kappa shape index (κ1) is 22.6. The van der Waals surface area contributed by atoms with Crippen LogP contribution in [0.5, 0.6) is 0 Å². The fraction of sp³-hybridized carbons (Fsp3) is 0.750. The van der Waals surface area contributed by atoms with E-state index in [0.29, 0.717) is 17.5 Å². The highest BCUT2D eigenvalue weighted by molar-refractivity contribution is 6.74. The van der Waals surface area contributed by atoms with Gasteiger partial charge >= 0.3 is 0 Å². The standard InChI is InChI=1S/C20H36ClNO2Si/c1-14(2)12-18(23)17-13-16(15(3)22-19(17)21)10-9-11-24-25(7,8)20(4,5)6/h13-14,18,23H,9-12H2,1-8H3. The molecule has 1 aromatic heterocycles. The van der Waals surface area contributed by atoms with Gasteiger partial charge in [0.05, 0.1) is 6.10 Å². The average Bonchev–Trinajstić information content (AvgIpc) is 2.43. The van der Waals surface area contributed by atoms with Gasteiger partial charge in [0.15, 0.2) is 8.32 Å². The lowest BCUT2D eigenvalue weighted by Crippen LogP contribution is -2.41. The molecular formula is C20H36ClNO2Si. The molecule has 0 amide bonds. The van der Waals surface area contributed by atoms with Gasteiger partial charge < -0.3 is 9.53 Å². The lowest BCUT2D eigenvalue weighted by atomic mass is 9.98. The van der Waals surface area contributed by atoms with E-state index in [-0.39, 0.29) is 5.04 Å². The summed E-state index contributed by atoms with van der Waals surface area (Å²) in [4.78, 5) is 4.44. The van der Waals surface area contributed by atoms with E-state index >= 15 is 0 Å². The molecule has 1 N–H and O–H groups in total. The molecule has 25 heavy (non-hydrogen) atoms. The number of aliphatic hydroxyl groups is 1. The van der Waals surface area contributed by atoms with Crippen LogP contribution in [-0.4, -0.2) is 25.0 Å². The lowest BCUT2D eigenvalue weighted by Gasteiger charge is -2.36. The van der Waals surface area contributed by atoms with E-state index in [1.807, 2.05) is 13.0 Å². The molecule has 144 valence electrons. The Labute approximate surface area is 160 Å². The Bertz CT molecular complexity index is 568. The maximum Gasteiger partial charge on any atom is 0.191 e. The molecule has 0 aliphatic heterocycles. The predicted molar refractivity (Wildman–Crippen MR) is 110 cm³/mol. The largest absolute Gasteiger partial charge is 0.417 e. The first-order chi connectivity index (χ1) is 11.3. The van der Waals surface area contributed by atoms with Crippen LogP contribution in [0.25, 0.3) is 0 Å². The maximum absolute atomic E-state index is 10.4. The van der Waals surface area contributed by atoms with Gasteiger partial charge in [0, 0.05) is 17.9 Å². The zero-order valence-corrected chi connectivity index (χ0v) is 19.0. The van der Waals surface area contributed by atoms with Crippen LogP contribution in [0.15, 0.2) is 6.07 Å². The number of aliphatic hydroxyl groups excluding tert-OH is 1. The Morgan fingerprint density at radius 1 is 1.28 bits per heavy atom. The Morgan fingerprint density at radius 2 is 1.88 bits per heavy atom. The van der Waals surface area contributed by atoms with Gasteiger partial charge in [-0.05, 0) is 61.9 Å². The molecular weight excluding hydrogens is 350 g/mol. The highest BCUT2D eigenvalue weighted by Crippen LogP contribution is 2.36. The fourth-order valence-corrected chi connectivity index (χ4v) is 3.90. The van der Waals surface area contributed by atoms with Crippen LogP contribution in [-0.2, 0) is 10.8 Å². The molecule has 0 aromatic carbocycles. The van der Waals surface area contributed by atoms with Crippen molar-refractivity contribution in [2.24, 2.45) is 5.92 Å². The van der Waals surface area contributed by atoms with Crippen molar-refractivity contribution >= 4 is 19.9 Å². The van der Waals surface area contributed by atoms with Crippen molar-refractivity contribution in [3.8, 4) is 0 Å². The van der Waals surface area contributed by atoms with Gasteiger partial charge in [0.1, 0.15) is 5.15 Å². The van der Waals surface area contributed by atoms with E-state index in [2.05, 4.69) is 52.7 Å². The molecule has 0 bridgehead atoms. The molecule has 5 heteroatoms. The van der Waals surface area contributed by atoms with Crippen molar-refractivity contribution in [3.05, 3.63) is 28.0 Å². The minimum Gasteiger partial charge on any atom is -0.417 e. The number of rotatable bonds is 8. The zero-order valence-electron chi connectivity index (χ0n) is 17.2. The Kier molecular flexibility index (Phi) is 8.13. The third-order valence-electron chi connectivity index (χ3n) is 5.21. The molecule has 1 unspecified atom stereocenters. The van der Waals surface area contributed by atoms with Gasteiger partial charge in [-0.3, -0.25) is 0 Å². The third-order valence-corrected chi connectivity index (χ3v) is 10.1. The second kappa shape index (κ2) is 8.98. The lowest BCUT2D eigenvalue weighted by molar-refractivity contribution is 0.150. The molecule has 0 saturated carbocycles. The van der Waals surface area contributed by atoms with Crippen molar-refractivity contribution in [2.75, 3.05) is 6.61 Å². The highest BCUT2D eigenvalue weighted by Gasteiger charge is 2.36. The quantitative estimate of drug-likeness (QED) is 0.335. The first-order valence-electron chi connectivity index (χ1n) is 9.33. The van der Waals surface area contributed by atoms with Gasteiger partial charge in [-0.2, -0.15) is 0 Å². The van der Waals surface area contributed by atoms with Crippen LogP contribution in [0.3, 0.4) is 0 Å². The van der Waals surface area contributed by atoms with Crippen LogP contribution in [0, 0.1) is 12.8 Å². The van der Waals surface area contributed by atoms with E-state index in [1.54, 1.807) is 0 Å². The van der Waals surface area contributed by atoms with Crippen LogP contribution >= 0.6 is 11.6 Å². The topological polar surface area (TPSA) is 42.4 Å². The van der Waals surface area contributed by atoms with E-state index in [4.69, 9.17) is 16.0 Å². The minimum atomic E-state index is -1.69. The van der Waals surface area contributed by atoms with E-state index in [1.165, 1.54) is 0 Å². The molecule has 0 fully saturated rings. The smallest absolute Gasteiger partial charge is 0.191 e. The SMILES string of the molecule is Cc1nc(Cl)c(C(O)CC(C)C)cc1CCCO[Si](C)(C)C(C)(C)C. The summed E-state index contributed by atoms with van der Waals surface area (Å²) in [7, 11) is -1.69. The number of hydrogen-bond acceptors (Lipinski definition) is 3.